The van der Waals surface area contributed by atoms with Crippen LogP contribution in [0.15, 0.2) is 42.5 Å². The number of hydrogen-bond donors (Lipinski definition) is 2. The summed E-state index contributed by atoms with van der Waals surface area (Å²) in [5, 5.41) is 9.57. The number of fused-ring (bicyclic) bond motifs is 1. The number of rotatable bonds is 2. The Morgan fingerprint density at radius 2 is 2.05 bits per heavy atom. The van der Waals surface area contributed by atoms with Crippen LogP contribution in [0.2, 0.25) is 0 Å². The number of phenols is 1. The van der Waals surface area contributed by atoms with Gasteiger partial charge >= 0.3 is 0 Å². The van der Waals surface area contributed by atoms with Crippen LogP contribution in [0.25, 0.3) is 0 Å². The molecule has 0 spiro atoms. The first-order valence-corrected chi connectivity index (χ1v) is 6.23. The molecule has 1 aliphatic rings. The zero-order valence-electron chi connectivity index (χ0n) is 10.4. The molecule has 0 radical (unpaired) electrons. The van der Waals surface area contributed by atoms with Crippen LogP contribution < -0.4 is 10.6 Å². The average Bonchev–Trinajstić information content (AvgIpc) is 2.79. The first kappa shape index (κ1) is 12.0. The summed E-state index contributed by atoms with van der Waals surface area (Å²) in [6, 6.07) is 12.0. The predicted octanol–water partition coefficient (Wildman–Crippen LogP) is 2.55. The highest BCUT2D eigenvalue weighted by atomic mass is 19.1. The minimum absolute atomic E-state index is 0.0486. The third-order valence-corrected chi connectivity index (χ3v) is 3.60. The van der Waals surface area contributed by atoms with Crippen molar-refractivity contribution in [2.24, 2.45) is 5.73 Å². The number of halogens is 1. The van der Waals surface area contributed by atoms with Gasteiger partial charge in [-0.05, 0) is 23.8 Å². The zero-order valence-corrected chi connectivity index (χ0v) is 10.4. The third-order valence-electron chi connectivity index (χ3n) is 3.60. The minimum atomic E-state index is -0.196. The van der Waals surface area contributed by atoms with Crippen molar-refractivity contribution >= 4 is 5.69 Å². The summed E-state index contributed by atoms with van der Waals surface area (Å²) in [7, 11) is 0. The van der Waals surface area contributed by atoms with E-state index in [1.165, 1.54) is 6.07 Å². The van der Waals surface area contributed by atoms with Crippen LogP contribution >= 0.6 is 0 Å². The summed E-state index contributed by atoms with van der Waals surface area (Å²) < 4.78 is 13.9. The highest BCUT2D eigenvalue weighted by Crippen LogP contribution is 2.38. The van der Waals surface area contributed by atoms with Crippen molar-refractivity contribution in [2.45, 2.75) is 12.6 Å². The van der Waals surface area contributed by atoms with Crippen LogP contribution in [-0.4, -0.2) is 11.7 Å². The topological polar surface area (TPSA) is 49.5 Å². The molecule has 98 valence electrons. The van der Waals surface area contributed by atoms with E-state index in [1.54, 1.807) is 24.3 Å². The van der Waals surface area contributed by atoms with E-state index in [2.05, 4.69) is 0 Å². The van der Waals surface area contributed by atoms with Gasteiger partial charge in [-0.3, -0.25) is 0 Å². The number of phenolic OH excluding ortho intramolecular Hbond substituents is 1. The smallest absolute Gasteiger partial charge is 0.128 e. The Morgan fingerprint density at radius 3 is 2.79 bits per heavy atom. The van der Waals surface area contributed by atoms with Crippen LogP contribution in [0.4, 0.5) is 10.1 Å². The van der Waals surface area contributed by atoms with Gasteiger partial charge in [0.2, 0.25) is 0 Å². The maximum atomic E-state index is 13.9. The van der Waals surface area contributed by atoms with E-state index < -0.39 is 0 Å². The first-order chi connectivity index (χ1) is 9.20. The minimum Gasteiger partial charge on any atom is -0.508 e. The predicted molar refractivity (Wildman–Crippen MR) is 72.5 cm³/mol. The Labute approximate surface area is 111 Å². The van der Waals surface area contributed by atoms with Crippen LogP contribution in [0, 0.1) is 5.82 Å². The van der Waals surface area contributed by atoms with Crippen molar-refractivity contribution in [1.29, 1.82) is 0 Å². The molecule has 3 N–H and O–H groups in total. The van der Waals surface area contributed by atoms with Crippen molar-refractivity contribution in [3.8, 4) is 5.75 Å². The lowest BCUT2D eigenvalue weighted by atomic mass is 10.0. The van der Waals surface area contributed by atoms with Gasteiger partial charge in [0.15, 0.2) is 0 Å². The Morgan fingerprint density at radius 1 is 1.26 bits per heavy atom. The van der Waals surface area contributed by atoms with E-state index in [0.717, 1.165) is 11.3 Å². The Bertz CT molecular complexity index is 615. The van der Waals surface area contributed by atoms with Crippen molar-refractivity contribution in [3.63, 3.8) is 0 Å². The van der Waals surface area contributed by atoms with Crippen molar-refractivity contribution in [3.05, 3.63) is 59.4 Å². The van der Waals surface area contributed by atoms with Gasteiger partial charge in [0.25, 0.3) is 0 Å². The summed E-state index contributed by atoms with van der Waals surface area (Å²) in [6.45, 7) is 0.888. The zero-order chi connectivity index (χ0) is 13.4. The Balaban J connectivity index is 2.04. The summed E-state index contributed by atoms with van der Waals surface area (Å²) in [4.78, 5) is 2.02. The lowest BCUT2D eigenvalue weighted by Gasteiger charge is -2.26. The van der Waals surface area contributed by atoms with Gasteiger partial charge in [0.1, 0.15) is 11.6 Å². The van der Waals surface area contributed by atoms with Crippen LogP contribution in [0.5, 0.6) is 5.75 Å². The summed E-state index contributed by atoms with van der Waals surface area (Å²) >= 11 is 0. The lowest BCUT2D eigenvalue weighted by Crippen LogP contribution is -2.27. The number of nitrogens with two attached hydrogens (primary N) is 1. The van der Waals surface area contributed by atoms with E-state index in [4.69, 9.17) is 5.73 Å². The highest BCUT2D eigenvalue weighted by molar-refractivity contribution is 5.57. The van der Waals surface area contributed by atoms with Gasteiger partial charge in [-0.1, -0.05) is 18.2 Å². The van der Waals surface area contributed by atoms with Crippen molar-refractivity contribution in [2.75, 3.05) is 11.4 Å². The van der Waals surface area contributed by atoms with Gasteiger partial charge < -0.3 is 15.7 Å². The van der Waals surface area contributed by atoms with Gasteiger partial charge in [0, 0.05) is 30.4 Å². The van der Waals surface area contributed by atoms with Crippen LogP contribution in [0.3, 0.4) is 0 Å². The third kappa shape index (κ3) is 1.94. The molecule has 0 saturated carbocycles. The maximum Gasteiger partial charge on any atom is 0.128 e. The molecule has 2 aromatic carbocycles. The molecule has 4 heteroatoms. The van der Waals surface area contributed by atoms with E-state index in [1.807, 2.05) is 17.0 Å². The van der Waals surface area contributed by atoms with Crippen molar-refractivity contribution in [1.82, 2.24) is 0 Å². The quantitative estimate of drug-likeness (QED) is 0.870. The maximum absolute atomic E-state index is 13.9. The van der Waals surface area contributed by atoms with E-state index in [0.29, 0.717) is 18.7 Å². The van der Waals surface area contributed by atoms with Crippen LogP contribution in [0.1, 0.15) is 17.2 Å². The van der Waals surface area contributed by atoms with Crippen LogP contribution in [-0.2, 0) is 6.54 Å². The fourth-order valence-electron chi connectivity index (χ4n) is 2.70. The molecule has 3 nitrogen and oxygen atoms in total. The number of anilines is 1. The van der Waals surface area contributed by atoms with Gasteiger partial charge in [-0.15, -0.1) is 0 Å². The number of benzene rings is 2. The van der Waals surface area contributed by atoms with E-state index >= 15 is 0 Å². The number of nitrogens with zero attached hydrogens (tertiary/aromatic N) is 1. The molecule has 1 atom stereocenters. The SMILES string of the molecule is NCC1c2cccc(F)c2CN1c1cccc(O)c1. The molecule has 1 heterocycles. The number of aromatic hydroxyl groups is 1. The summed E-state index contributed by atoms with van der Waals surface area (Å²) in [5.41, 5.74) is 8.32. The fraction of sp³-hybridized carbons (Fsp3) is 0.200. The van der Waals surface area contributed by atoms with E-state index in [-0.39, 0.29) is 17.6 Å². The average molecular weight is 258 g/mol. The molecule has 0 aromatic heterocycles. The normalized spacial score (nSPS) is 17.6. The largest absolute Gasteiger partial charge is 0.508 e. The Hall–Kier alpha value is -2.07. The molecule has 0 fully saturated rings. The molecule has 1 unspecified atom stereocenters. The molecule has 3 rings (SSSR count). The lowest BCUT2D eigenvalue weighted by molar-refractivity contribution is 0.475. The Kier molecular flexibility index (Phi) is 2.87. The molecular formula is C15H15FN2O. The van der Waals surface area contributed by atoms with E-state index in [9.17, 15) is 9.50 Å². The standard InChI is InChI=1S/C15H15FN2O/c16-14-6-2-5-12-13(14)9-18(15(12)8-17)10-3-1-4-11(19)7-10/h1-7,15,19H,8-9,17H2. The van der Waals surface area contributed by atoms with Gasteiger partial charge in [-0.25, -0.2) is 4.39 Å². The molecule has 0 bridgehead atoms. The highest BCUT2D eigenvalue weighted by Gasteiger charge is 2.31. The first-order valence-electron chi connectivity index (χ1n) is 6.23. The monoisotopic (exact) mass is 258 g/mol. The molecule has 0 amide bonds. The second-order valence-electron chi connectivity index (χ2n) is 4.71. The molecule has 0 aliphatic carbocycles. The molecule has 1 aliphatic heterocycles. The second kappa shape index (κ2) is 4.55. The number of hydrogen-bond acceptors (Lipinski definition) is 3. The fourth-order valence-corrected chi connectivity index (χ4v) is 2.70. The summed E-state index contributed by atoms with van der Waals surface area (Å²) in [5.74, 6) is 0.00306. The van der Waals surface area contributed by atoms with Gasteiger partial charge in [-0.2, -0.15) is 0 Å². The molecule has 2 aromatic rings. The second-order valence-corrected chi connectivity index (χ2v) is 4.71. The van der Waals surface area contributed by atoms with Crippen molar-refractivity contribution < 1.29 is 9.50 Å². The molecule has 0 saturated heterocycles. The molecular weight excluding hydrogens is 243 g/mol. The van der Waals surface area contributed by atoms with Gasteiger partial charge in [0.05, 0.1) is 6.04 Å². The summed E-state index contributed by atoms with van der Waals surface area (Å²) in [6.07, 6.45) is 0. The molecule has 19 heavy (non-hydrogen) atoms.